The number of rotatable bonds is 3. The molecule has 0 radical (unpaired) electrons. The number of pyridine rings is 1. The minimum Gasteiger partial charge on any atom is -0.406 e. The number of benzene rings is 2. The van der Waals surface area contributed by atoms with Crippen molar-refractivity contribution >= 4 is 46.4 Å². The van der Waals surface area contributed by atoms with Crippen molar-refractivity contribution in [3.05, 3.63) is 64.3 Å². The lowest BCUT2D eigenvalue weighted by molar-refractivity contribution is -0.274. The minimum absolute atomic E-state index is 0.231. The van der Waals surface area contributed by atoms with E-state index >= 15 is 0 Å². The van der Waals surface area contributed by atoms with Crippen LogP contribution in [0, 0.1) is 0 Å². The van der Waals surface area contributed by atoms with E-state index in [0.29, 0.717) is 15.9 Å². The van der Waals surface area contributed by atoms with E-state index in [0.717, 1.165) is 33.9 Å². The van der Waals surface area contributed by atoms with Gasteiger partial charge in [-0.15, -0.1) is 24.9 Å². The third kappa shape index (κ3) is 3.92. The second kappa shape index (κ2) is 7.09. The van der Waals surface area contributed by atoms with Gasteiger partial charge in [0.2, 0.25) is 0 Å². The number of thioether (sulfide) groups is 1. The Bertz CT molecular complexity index is 1050. The third-order valence-corrected chi connectivity index (χ3v) is 5.70. The summed E-state index contributed by atoms with van der Waals surface area (Å²) in [5.74, 6) is 0.638. The Morgan fingerprint density at radius 1 is 1.11 bits per heavy atom. The summed E-state index contributed by atoms with van der Waals surface area (Å²) in [5, 5.41) is 1.33. The van der Waals surface area contributed by atoms with E-state index in [9.17, 15) is 13.2 Å². The van der Waals surface area contributed by atoms with E-state index in [2.05, 4.69) is 9.72 Å². The molecule has 0 atom stereocenters. The molecule has 2 nitrogen and oxygen atoms in total. The van der Waals surface area contributed by atoms with Gasteiger partial charge in [-0.25, -0.2) is 4.98 Å². The summed E-state index contributed by atoms with van der Waals surface area (Å²) in [6.45, 7) is 0. The Morgan fingerprint density at radius 3 is 2.70 bits per heavy atom. The molecule has 138 valence electrons. The molecule has 2 aromatic carbocycles. The molecule has 0 bridgehead atoms. The summed E-state index contributed by atoms with van der Waals surface area (Å²) in [7, 11) is 0. The lowest BCUT2D eigenvalue weighted by Gasteiger charge is -2.12. The first-order chi connectivity index (χ1) is 12.9. The number of hydrogen-bond donors (Lipinski definition) is 0. The zero-order valence-electron chi connectivity index (χ0n) is 13.9. The molecule has 0 fully saturated rings. The lowest BCUT2D eigenvalue weighted by atomic mass is 10.1. The maximum atomic E-state index is 12.5. The zero-order valence-corrected chi connectivity index (χ0v) is 15.5. The van der Waals surface area contributed by atoms with Gasteiger partial charge >= 0.3 is 6.36 Å². The third-order valence-electron chi connectivity index (χ3n) is 4.19. The van der Waals surface area contributed by atoms with Gasteiger partial charge in [0, 0.05) is 21.1 Å². The second-order valence-corrected chi connectivity index (χ2v) is 7.50. The average molecular weight is 408 g/mol. The normalized spacial score (nSPS) is 14.1. The molecular weight excluding hydrogens is 395 g/mol. The summed E-state index contributed by atoms with van der Waals surface area (Å²) < 4.78 is 41.6. The van der Waals surface area contributed by atoms with Crippen LogP contribution in [0.3, 0.4) is 0 Å². The molecular formula is C20H13ClF3NOS. The molecule has 7 heteroatoms. The van der Waals surface area contributed by atoms with Crippen molar-refractivity contribution in [2.45, 2.75) is 17.7 Å². The minimum atomic E-state index is -4.71. The Labute approximate surface area is 163 Å². The number of alkyl halides is 3. The van der Waals surface area contributed by atoms with Gasteiger partial charge in [-0.3, -0.25) is 0 Å². The predicted molar refractivity (Wildman–Crippen MR) is 103 cm³/mol. The molecule has 0 amide bonds. The summed E-state index contributed by atoms with van der Waals surface area (Å²) in [6.07, 6.45) is -0.0864. The summed E-state index contributed by atoms with van der Waals surface area (Å²) in [6, 6.07) is 11.8. The highest BCUT2D eigenvalue weighted by Gasteiger charge is 2.31. The highest BCUT2D eigenvalue weighted by atomic mass is 35.5. The van der Waals surface area contributed by atoms with Crippen LogP contribution in [0.5, 0.6) is 5.75 Å². The molecule has 1 aliphatic heterocycles. The molecule has 0 saturated heterocycles. The topological polar surface area (TPSA) is 22.1 Å². The molecule has 0 saturated carbocycles. The number of hydrogen-bond acceptors (Lipinski definition) is 3. The van der Waals surface area contributed by atoms with Crippen LogP contribution in [0.1, 0.15) is 16.8 Å². The van der Waals surface area contributed by atoms with E-state index in [1.165, 1.54) is 12.1 Å². The van der Waals surface area contributed by atoms with Crippen LogP contribution in [-0.2, 0) is 6.42 Å². The maximum absolute atomic E-state index is 12.5. The highest BCUT2D eigenvalue weighted by molar-refractivity contribution is 7.99. The fourth-order valence-corrected chi connectivity index (χ4v) is 4.46. The molecule has 0 N–H and O–H groups in total. The van der Waals surface area contributed by atoms with Gasteiger partial charge in [-0.1, -0.05) is 35.9 Å². The van der Waals surface area contributed by atoms with E-state index in [4.69, 9.17) is 11.6 Å². The van der Waals surface area contributed by atoms with Crippen LogP contribution < -0.4 is 4.74 Å². The number of aromatic nitrogens is 1. The van der Waals surface area contributed by atoms with Gasteiger partial charge in [0.1, 0.15) is 5.75 Å². The molecule has 1 aromatic heterocycles. The SMILES string of the molecule is FC(F)(F)Oc1ccc2nc(/C=C/c3ccccc3Cl)c3c(c2c1)SCC3. The quantitative estimate of drug-likeness (QED) is 0.488. The number of halogens is 4. The van der Waals surface area contributed by atoms with Crippen LogP contribution in [0.4, 0.5) is 13.2 Å². The van der Waals surface area contributed by atoms with E-state index < -0.39 is 6.36 Å². The fraction of sp³-hybridized carbons (Fsp3) is 0.150. The largest absolute Gasteiger partial charge is 0.573 e. The Morgan fingerprint density at radius 2 is 1.93 bits per heavy atom. The molecule has 3 aromatic rings. The first-order valence-corrected chi connectivity index (χ1v) is 9.55. The van der Waals surface area contributed by atoms with Crippen molar-refractivity contribution in [3.8, 4) is 5.75 Å². The smallest absolute Gasteiger partial charge is 0.406 e. The second-order valence-electron chi connectivity index (χ2n) is 5.98. The zero-order chi connectivity index (χ0) is 19.0. The van der Waals surface area contributed by atoms with Gasteiger partial charge in [0.05, 0.1) is 11.2 Å². The molecule has 0 unspecified atom stereocenters. The van der Waals surface area contributed by atoms with Crippen molar-refractivity contribution < 1.29 is 17.9 Å². The van der Waals surface area contributed by atoms with Crippen molar-refractivity contribution in [1.29, 1.82) is 0 Å². The Kier molecular flexibility index (Phi) is 4.78. The van der Waals surface area contributed by atoms with E-state index in [1.54, 1.807) is 17.8 Å². The van der Waals surface area contributed by atoms with Gasteiger partial charge in [-0.2, -0.15) is 0 Å². The first-order valence-electron chi connectivity index (χ1n) is 8.18. The summed E-state index contributed by atoms with van der Waals surface area (Å²) in [4.78, 5) is 5.61. The summed E-state index contributed by atoms with van der Waals surface area (Å²) >= 11 is 7.82. The Hall–Kier alpha value is -2.18. The molecule has 0 aliphatic carbocycles. The van der Waals surface area contributed by atoms with Crippen LogP contribution in [-0.4, -0.2) is 17.1 Å². The standard InChI is InChI=1S/C20H13ClF3NOS/c21-16-4-2-1-3-12(16)5-7-17-14-9-10-27-19(14)15-11-13(26-20(22,23)24)6-8-18(15)25-17/h1-8,11H,9-10H2/b7-5+. The van der Waals surface area contributed by atoms with Gasteiger partial charge in [0.15, 0.2) is 0 Å². The lowest BCUT2D eigenvalue weighted by Crippen LogP contribution is -2.17. The van der Waals surface area contributed by atoms with Crippen LogP contribution >= 0.6 is 23.4 Å². The van der Waals surface area contributed by atoms with Crippen molar-refractivity contribution in [2.75, 3.05) is 5.75 Å². The molecule has 4 rings (SSSR count). The number of ether oxygens (including phenoxy) is 1. The molecule has 27 heavy (non-hydrogen) atoms. The number of fused-ring (bicyclic) bond motifs is 3. The molecule has 2 heterocycles. The maximum Gasteiger partial charge on any atom is 0.573 e. The fourth-order valence-electron chi connectivity index (χ4n) is 3.05. The average Bonchev–Trinajstić information content (AvgIpc) is 3.10. The summed E-state index contributed by atoms with van der Waals surface area (Å²) in [5.41, 5.74) is 3.37. The first kappa shape index (κ1) is 18.2. The van der Waals surface area contributed by atoms with E-state index in [-0.39, 0.29) is 5.75 Å². The molecule has 1 aliphatic rings. The van der Waals surface area contributed by atoms with Crippen molar-refractivity contribution in [2.24, 2.45) is 0 Å². The van der Waals surface area contributed by atoms with Crippen LogP contribution in [0.2, 0.25) is 5.02 Å². The Balaban J connectivity index is 1.77. The van der Waals surface area contributed by atoms with Gasteiger partial charge in [-0.05, 0) is 47.9 Å². The van der Waals surface area contributed by atoms with Gasteiger partial charge < -0.3 is 4.74 Å². The van der Waals surface area contributed by atoms with Crippen molar-refractivity contribution in [1.82, 2.24) is 4.98 Å². The van der Waals surface area contributed by atoms with Crippen LogP contribution in [0.15, 0.2) is 47.4 Å². The van der Waals surface area contributed by atoms with Gasteiger partial charge in [0.25, 0.3) is 0 Å². The van der Waals surface area contributed by atoms with Crippen molar-refractivity contribution in [3.63, 3.8) is 0 Å². The predicted octanol–water partition coefficient (Wildman–Crippen LogP) is 6.61. The van der Waals surface area contributed by atoms with Crippen LogP contribution in [0.25, 0.3) is 23.1 Å². The van der Waals surface area contributed by atoms with E-state index in [1.807, 2.05) is 36.4 Å². The number of nitrogens with zero attached hydrogens (tertiary/aromatic N) is 1. The molecule has 0 spiro atoms. The highest BCUT2D eigenvalue weighted by Crippen LogP contribution is 2.40. The monoisotopic (exact) mass is 407 g/mol.